The number of benzene rings is 2. The number of aromatic nitrogens is 6. The van der Waals surface area contributed by atoms with Crippen LogP contribution in [-0.2, 0) is 4.74 Å². The van der Waals surface area contributed by atoms with Crippen LogP contribution in [0.3, 0.4) is 0 Å². The molecule has 1 amide bonds. The van der Waals surface area contributed by atoms with Crippen LogP contribution in [0.5, 0.6) is 0 Å². The first-order valence-corrected chi connectivity index (χ1v) is 15.1. The summed E-state index contributed by atoms with van der Waals surface area (Å²) < 4.78 is 37.9. The molecule has 232 valence electrons. The summed E-state index contributed by atoms with van der Waals surface area (Å²) in [6.45, 7) is 6.72. The van der Waals surface area contributed by atoms with Crippen LogP contribution in [0.15, 0.2) is 73.3 Å². The average Bonchev–Trinajstić information content (AvgIpc) is 3.84. The highest BCUT2D eigenvalue weighted by Crippen LogP contribution is 2.41. The summed E-state index contributed by atoms with van der Waals surface area (Å²) in [5.74, 6) is -0.823. The van der Waals surface area contributed by atoms with Gasteiger partial charge in [-0.2, -0.15) is 10.2 Å². The van der Waals surface area contributed by atoms with Crippen molar-refractivity contribution in [1.82, 2.24) is 34.7 Å². The number of halogens is 2. The number of rotatable bonds is 4. The second-order valence-electron chi connectivity index (χ2n) is 12.8. The fourth-order valence-electron chi connectivity index (χ4n) is 6.75. The Morgan fingerprint density at radius 3 is 2.50 bits per heavy atom. The van der Waals surface area contributed by atoms with Gasteiger partial charge in [-0.25, -0.2) is 23.1 Å². The van der Waals surface area contributed by atoms with Crippen LogP contribution in [-0.4, -0.2) is 71.5 Å². The van der Waals surface area contributed by atoms with Crippen LogP contribution in [0.25, 0.3) is 50.2 Å². The van der Waals surface area contributed by atoms with Crippen molar-refractivity contribution in [2.75, 3.05) is 18.0 Å². The minimum absolute atomic E-state index is 0.0182. The zero-order valence-electron chi connectivity index (χ0n) is 25.4. The third-order valence-corrected chi connectivity index (χ3v) is 8.74. The highest BCUT2D eigenvalue weighted by Gasteiger charge is 2.46. The quantitative estimate of drug-likeness (QED) is 0.241. The summed E-state index contributed by atoms with van der Waals surface area (Å²) in [6, 6.07) is 13.8. The number of nitrogens with one attached hydrogen (secondary N) is 1. The lowest BCUT2D eigenvalue weighted by Gasteiger charge is -2.36. The second kappa shape index (κ2) is 10.3. The zero-order chi connectivity index (χ0) is 31.7. The van der Waals surface area contributed by atoms with Crippen LogP contribution in [0.2, 0.25) is 0 Å². The van der Waals surface area contributed by atoms with Crippen molar-refractivity contribution in [3.05, 3.63) is 85.0 Å². The number of nitrogens with zero attached hydrogens (tertiary/aromatic N) is 7. The van der Waals surface area contributed by atoms with Gasteiger partial charge in [-0.1, -0.05) is 6.07 Å². The molecule has 2 fully saturated rings. The number of hydrogen-bond donors (Lipinski definition) is 1. The van der Waals surface area contributed by atoms with Gasteiger partial charge >= 0.3 is 6.09 Å². The maximum absolute atomic E-state index is 16.1. The van der Waals surface area contributed by atoms with Crippen LogP contribution in [0.1, 0.15) is 27.2 Å². The third kappa shape index (κ3) is 4.55. The second-order valence-corrected chi connectivity index (χ2v) is 12.8. The lowest BCUT2D eigenvalue weighted by atomic mass is 9.98. The van der Waals surface area contributed by atoms with Crippen molar-refractivity contribution in [2.45, 2.75) is 44.9 Å². The molecular weight excluding hydrogens is 590 g/mol. The Morgan fingerprint density at radius 1 is 0.957 bits per heavy atom. The van der Waals surface area contributed by atoms with Crippen molar-refractivity contribution in [3.63, 3.8) is 0 Å². The van der Waals surface area contributed by atoms with Gasteiger partial charge in [0, 0.05) is 59.9 Å². The molecule has 4 aromatic heterocycles. The zero-order valence-corrected chi connectivity index (χ0v) is 25.4. The number of piperazine rings is 1. The van der Waals surface area contributed by atoms with Crippen molar-refractivity contribution in [3.8, 4) is 33.6 Å². The van der Waals surface area contributed by atoms with E-state index in [0.717, 1.165) is 17.7 Å². The average molecular weight is 621 g/mol. The van der Waals surface area contributed by atoms with Crippen LogP contribution in [0, 0.1) is 11.6 Å². The molecule has 12 heteroatoms. The molecule has 2 aliphatic rings. The largest absolute Gasteiger partial charge is 0.444 e. The van der Waals surface area contributed by atoms with Crippen molar-refractivity contribution in [2.24, 2.45) is 0 Å². The van der Waals surface area contributed by atoms with E-state index >= 15 is 4.39 Å². The minimum atomic E-state index is -0.561. The van der Waals surface area contributed by atoms with Crippen molar-refractivity contribution >= 4 is 28.3 Å². The number of aromatic amines is 1. The lowest BCUT2D eigenvalue weighted by molar-refractivity contribution is 0.0214. The molecule has 2 atom stereocenters. The van der Waals surface area contributed by atoms with E-state index in [0.29, 0.717) is 52.2 Å². The SMILES string of the molecule is CC(C)(C)OC(=O)N1CC2CC1CN2c1ccc(-c2ccnc3c(-c4ccc(F)c5[nH]ncc45)c(-c4ccncc4)nn23)c(F)c1. The first kappa shape index (κ1) is 28.1. The smallest absolute Gasteiger partial charge is 0.410 e. The fourth-order valence-corrected chi connectivity index (χ4v) is 6.75. The summed E-state index contributed by atoms with van der Waals surface area (Å²) in [5.41, 5.74) is 4.57. The normalized spacial score (nSPS) is 17.8. The molecule has 2 bridgehead atoms. The fraction of sp³-hybridized carbons (Fsp3) is 0.265. The molecule has 2 aliphatic heterocycles. The van der Waals surface area contributed by atoms with Gasteiger partial charge in [0.1, 0.15) is 28.4 Å². The number of fused-ring (bicyclic) bond motifs is 4. The lowest BCUT2D eigenvalue weighted by Crippen LogP contribution is -2.50. The van der Waals surface area contributed by atoms with Crippen molar-refractivity contribution < 1.29 is 18.3 Å². The van der Waals surface area contributed by atoms with E-state index in [1.807, 2.05) is 39.0 Å². The number of likely N-dealkylation sites (tertiary alicyclic amines) is 1. The molecule has 2 aromatic carbocycles. The molecule has 10 nitrogen and oxygen atoms in total. The van der Waals surface area contributed by atoms with Crippen LogP contribution in [0.4, 0.5) is 19.3 Å². The summed E-state index contributed by atoms with van der Waals surface area (Å²) >= 11 is 0. The Morgan fingerprint density at radius 2 is 1.76 bits per heavy atom. The molecule has 6 aromatic rings. The number of ether oxygens (including phenoxy) is 1. The molecule has 0 radical (unpaired) electrons. The molecule has 46 heavy (non-hydrogen) atoms. The number of carbonyl (C=O) groups is 1. The molecule has 2 saturated heterocycles. The van der Waals surface area contributed by atoms with Crippen LogP contribution >= 0.6 is 0 Å². The van der Waals surface area contributed by atoms with Gasteiger partial charge in [0.15, 0.2) is 5.65 Å². The van der Waals surface area contributed by atoms with Gasteiger partial charge in [-0.05, 0) is 75.2 Å². The van der Waals surface area contributed by atoms with Gasteiger partial charge in [-0.15, -0.1) is 0 Å². The topological polar surface area (TPSA) is 105 Å². The molecule has 0 spiro atoms. The summed E-state index contributed by atoms with van der Waals surface area (Å²) in [6.07, 6.45) is 7.06. The first-order chi connectivity index (χ1) is 22.2. The van der Waals surface area contributed by atoms with E-state index < -0.39 is 17.2 Å². The van der Waals surface area contributed by atoms with E-state index in [4.69, 9.17) is 9.84 Å². The molecule has 2 unspecified atom stereocenters. The molecule has 1 N–H and O–H groups in total. The van der Waals surface area contributed by atoms with E-state index in [1.54, 1.807) is 58.5 Å². The molecule has 8 rings (SSSR count). The monoisotopic (exact) mass is 620 g/mol. The third-order valence-electron chi connectivity index (χ3n) is 8.74. The van der Waals surface area contributed by atoms with Gasteiger partial charge < -0.3 is 14.5 Å². The predicted octanol–water partition coefficient (Wildman–Crippen LogP) is 6.48. The molecular formula is C34H30F2N8O2. The standard InChI is InChI=1S/C34H30F2N8O2/c1-34(2,3)46-33(45)43-18-21-14-22(43)17-42(21)20-4-5-24(27(36)15-20)28-10-13-38-32-29(23-6-7-26(35)31-25(23)16-39-40-31)30(41-44(28)32)19-8-11-37-12-9-19/h4-13,15-16,21-22H,14,17-18H2,1-3H3,(H,39,40). The van der Waals surface area contributed by atoms with E-state index in [1.165, 1.54) is 6.07 Å². The number of pyridine rings is 1. The van der Waals surface area contributed by atoms with E-state index in [2.05, 4.69) is 25.1 Å². The number of anilines is 1. The Hall–Kier alpha value is -5.39. The predicted molar refractivity (Wildman–Crippen MR) is 169 cm³/mol. The van der Waals surface area contributed by atoms with Gasteiger partial charge in [0.2, 0.25) is 0 Å². The maximum atomic E-state index is 16.1. The number of H-pyrrole nitrogens is 1. The van der Waals surface area contributed by atoms with E-state index in [9.17, 15) is 9.18 Å². The number of amides is 1. The number of hydrogen-bond acceptors (Lipinski definition) is 7. The highest BCUT2D eigenvalue weighted by atomic mass is 19.1. The molecule has 0 saturated carbocycles. The Balaban J connectivity index is 1.18. The van der Waals surface area contributed by atoms with Gasteiger partial charge in [-0.3, -0.25) is 10.1 Å². The summed E-state index contributed by atoms with van der Waals surface area (Å²) in [7, 11) is 0. The van der Waals surface area contributed by atoms with Crippen LogP contribution < -0.4 is 4.90 Å². The molecule has 6 heterocycles. The summed E-state index contributed by atoms with van der Waals surface area (Å²) in [4.78, 5) is 25.5. The van der Waals surface area contributed by atoms with E-state index in [-0.39, 0.29) is 23.7 Å². The highest BCUT2D eigenvalue weighted by molar-refractivity contribution is 6.03. The van der Waals surface area contributed by atoms with Gasteiger partial charge in [0.25, 0.3) is 0 Å². The molecule has 0 aliphatic carbocycles. The number of carbonyl (C=O) groups excluding carboxylic acids is 1. The minimum Gasteiger partial charge on any atom is -0.444 e. The first-order valence-electron chi connectivity index (χ1n) is 15.1. The summed E-state index contributed by atoms with van der Waals surface area (Å²) in [5, 5.41) is 12.3. The Labute approximate surface area is 262 Å². The Bertz CT molecular complexity index is 2140. The maximum Gasteiger partial charge on any atom is 0.410 e. The Kier molecular flexibility index (Phi) is 6.31. The van der Waals surface area contributed by atoms with Gasteiger partial charge in [0.05, 0.1) is 23.5 Å². The van der Waals surface area contributed by atoms with Crippen molar-refractivity contribution in [1.29, 1.82) is 0 Å².